The Bertz CT molecular complexity index is 397. The summed E-state index contributed by atoms with van der Waals surface area (Å²) in [4.78, 5) is 23.3. The zero-order valence-electron chi connectivity index (χ0n) is 12.1. The third-order valence-electron chi connectivity index (χ3n) is 5.62. The van der Waals surface area contributed by atoms with Crippen molar-refractivity contribution in [2.75, 3.05) is 0 Å². The monoisotopic (exact) mass is 279 g/mol. The van der Waals surface area contributed by atoms with Crippen LogP contribution in [-0.4, -0.2) is 22.5 Å². The molecule has 0 bridgehead atoms. The Labute approximate surface area is 120 Å². The number of amides is 1. The van der Waals surface area contributed by atoms with Crippen LogP contribution in [0.2, 0.25) is 0 Å². The summed E-state index contributed by atoms with van der Waals surface area (Å²) in [5.74, 6) is 0.823. The lowest BCUT2D eigenvalue weighted by atomic mass is 9.74. The SMILES string of the molecule is O=C(O)CC1(NC(=O)C2CC2C2CCCCC2)CCC1. The van der Waals surface area contributed by atoms with Gasteiger partial charge in [-0.15, -0.1) is 0 Å². The molecule has 2 N–H and O–H groups in total. The Morgan fingerprint density at radius 1 is 1.10 bits per heavy atom. The van der Waals surface area contributed by atoms with Crippen molar-refractivity contribution in [1.82, 2.24) is 5.32 Å². The van der Waals surface area contributed by atoms with Gasteiger partial charge >= 0.3 is 5.97 Å². The van der Waals surface area contributed by atoms with Crippen molar-refractivity contribution in [3.05, 3.63) is 0 Å². The van der Waals surface area contributed by atoms with Crippen LogP contribution in [0.4, 0.5) is 0 Å². The summed E-state index contributed by atoms with van der Waals surface area (Å²) >= 11 is 0. The topological polar surface area (TPSA) is 66.4 Å². The van der Waals surface area contributed by atoms with Crippen LogP contribution in [0.1, 0.15) is 64.2 Å². The maximum Gasteiger partial charge on any atom is 0.305 e. The Morgan fingerprint density at radius 3 is 2.35 bits per heavy atom. The molecule has 0 radical (unpaired) electrons. The predicted molar refractivity (Wildman–Crippen MR) is 75.1 cm³/mol. The van der Waals surface area contributed by atoms with Gasteiger partial charge in [0.25, 0.3) is 0 Å². The molecule has 0 aliphatic heterocycles. The Hall–Kier alpha value is -1.06. The second kappa shape index (κ2) is 5.38. The summed E-state index contributed by atoms with van der Waals surface area (Å²) in [6, 6.07) is 0. The van der Waals surface area contributed by atoms with Crippen molar-refractivity contribution in [2.24, 2.45) is 17.8 Å². The first-order valence-corrected chi connectivity index (χ1v) is 8.13. The second-order valence-electron chi connectivity index (χ2n) is 7.10. The molecule has 3 fully saturated rings. The van der Waals surface area contributed by atoms with E-state index < -0.39 is 11.5 Å². The fourth-order valence-electron chi connectivity index (χ4n) is 4.19. The maximum atomic E-state index is 12.3. The van der Waals surface area contributed by atoms with Gasteiger partial charge in [0.1, 0.15) is 0 Å². The lowest BCUT2D eigenvalue weighted by Crippen LogP contribution is -2.55. The number of hydrogen-bond donors (Lipinski definition) is 2. The van der Waals surface area contributed by atoms with Gasteiger partial charge in [-0.25, -0.2) is 0 Å². The van der Waals surface area contributed by atoms with E-state index in [0.29, 0.717) is 5.92 Å². The van der Waals surface area contributed by atoms with Gasteiger partial charge in [0.05, 0.1) is 12.0 Å². The first-order valence-electron chi connectivity index (χ1n) is 8.13. The highest BCUT2D eigenvalue weighted by molar-refractivity contribution is 5.83. The van der Waals surface area contributed by atoms with Crippen molar-refractivity contribution in [1.29, 1.82) is 0 Å². The maximum absolute atomic E-state index is 12.3. The van der Waals surface area contributed by atoms with Gasteiger partial charge in [0, 0.05) is 5.92 Å². The van der Waals surface area contributed by atoms with Gasteiger partial charge in [-0.3, -0.25) is 9.59 Å². The zero-order valence-corrected chi connectivity index (χ0v) is 12.1. The van der Waals surface area contributed by atoms with E-state index in [2.05, 4.69) is 5.32 Å². The molecule has 2 unspecified atom stereocenters. The molecule has 0 aromatic carbocycles. The Kier molecular flexibility index (Phi) is 3.74. The van der Waals surface area contributed by atoms with Gasteiger partial charge in [0.15, 0.2) is 0 Å². The average molecular weight is 279 g/mol. The smallest absolute Gasteiger partial charge is 0.305 e. The molecule has 3 aliphatic carbocycles. The molecule has 0 spiro atoms. The van der Waals surface area contributed by atoms with Crippen LogP contribution in [0.15, 0.2) is 0 Å². The molecule has 1 amide bonds. The molecular formula is C16H25NO3. The molecule has 3 aliphatic rings. The Balaban J connectivity index is 1.51. The molecule has 0 saturated heterocycles. The minimum absolute atomic E-state index is 0.0829. The van der Waals surface area contributed by atoms with E-state index in [4.69, 9.17) is 5.11 Å². The summed E-state index contributed by atoms with van der Waals surface area (Å²) in [5, 5.41) is 12.1. The van der Waals surface area contributed by atoms with Crippen LogP contribution in [0.25, 0.3) is 0 Å². The molecule has 4 heteroatoms. The van der Waals surface area contributed by atoms with Crippen molar-refractivity contribution in [3.8, 4) is 0 Å². The van der Waals surface area contributed by atoms with Crippen molar-refractivity contribution in [2.45, 2.75) is 69.7 Å². The van der Waals surface area contributed by atoms with E-state index in [-0.39, 0.29) is 18.2 Å². The van der Waals surface area contributed by atoms with Crippen LogP contribution in [0.5, 0.6) is 0 Å². The summed E-state index contributed by atoms with van der Waals surface area (Å²) in [6.07, 6.45) is 10.4. The van der Waals surface area contributed by atoms with E-state index in [1.54, 1.807) is 0 Å². The van der Waals surface area contributed by atoms with Crippen LogP contribution in [0, 0.1) is 17.8 Å². The fourth-order valence-corrected chi connectivity index (χ4v) is 4.19. The fraction of sp³-hybridized carbons (Fsp3) is 0.875. The van der Waals surface area contributed by atoms with Crippen molar-refractivity contribution >= 4 is 11.9 Å². The molecular weight excluding hydrogens is 254 g/mol. The minimum Gasteiger partial charge on any atom is -0.481 e. The molecule has 0 heterocycles. The number of rotatable bonds is 5. The van der Waals surface area contributed by atoms with Crippen molar-refractivity contribution < 1.29 is 14.7 Å². The highest BCUT2D eigenvalue weighted by Crippen LogP contribution is 2.50. The summed E-state index contributed by atoms with van der Waals surface area (Å²) < 4.78 is 0. The van der Waals surface area contributed by atoms with Crippen molar-refractivity contribution in [3.63, 3.8) is 0 Å². The summed E-state index contributed by atoms with van der Waals surface area (Å²) in [7, 11) is 0. The van der Waals surface area contributed by atoms with E-state index in [1.165, 1.54) is 32.1 Å². The number of aliphatic carboxylic acids is 1. The minimum atomic E-state index is -0.801. The number of nitrogens with one attached hydrogen (secondary N) is 1. The summed E-state index contributed by atoms with van der Waals surface area (Å²) in [6.45, 7) is 0. The molecule has 3 rings (SSSR count). The molecule has 2 atom stereocenters. The number of hydrogen-bond acceptors (Lipinski definition) is 2. The van der Waals surface area contributed by atoms with Crippen LogP contribution in [0.3, 0.4) is 0 Å². The van der Waals surface area contributed by atoms with E-state index in [9.17, 15) is 9.59 Å². The molecule has 3 saturated carbocycles. The molecule has 0 aromatic rings. The normalized spacial score (nSPS) is 32.2. The van der Waals surface area contributed by atoms with E-state index >= 15 is 0 Å². The summed E-state index contributed by atoms with van der Waals surface area (Å²) in [5.41, 5.74) is -0.428. The van der Waals surface area contributed by atoms with Gasteiger partial charge in [-0.05, 0) is 37.5 Å². The second-order valence-corrected chi connectivity index (χ2v) is 7.10. The Morgan fingerprint density at radius 2 is 1.80 bits per heavy atom. The molecule has 0 aromatic heterocycles. The van der Waals surface area contributed by atoms with E-state index in [0.717, 1.165) is 31.6 Å². The van der Waals surface area contributed by atoms with Crippen LogP contribution < -0.4 is 5.32 Å². The van der Waals surface area contributed by atoms with Gasteiger partial charge < -0.3 is 10.4 Å². The zero-order chi connectivity index (χ0) is 14.2. The number of carboxylic acids is 1. The third kappa shape index (κ3) is 2.84. The number of carbonyl (C=O) groups is 2. The number of carboxylic acid groups (broad SMARTS) is 1. The lowest BCUT2D eigenvalue weighted by molar-refractivity contribution is -0.140. The van der Waals surface area contributed by atoms with Gasteiger partial charge in [-0.2, -0.15) is 0 Å². The lowest BCUT2D eigenvalue weighted by Gasteiger charge is -2.41. The number of carbonyl (C=O) groups excluding carboxylic acids is 1. The quantitative estimate of drug-likeness (QED) is 0.813. The standard InChI is InChI=1S/C16H25NO3/c18-14(19)10-16(7-4-8-16)17-15(20)13-9-12(13)11-5-2-1-3-6-11/h11-13H,1-10H2,(H,17,20)(H,18,19). The van der Waals surface area contributed by atoms with Gasteiger partial charge in [0.2, 0.25) is 5.91 Å². The van der Waals surface area contributed by atoms with Crippen LogP contribution in [-0.2, 0) is 9.59 Å². The largest absolute Gasteiger partial charge is 0.481 e. The van der Waals surface area contributed by atoms with E-state index in [1.807, 2.05) is 0 Å². The highest BCUT2D eigenvalue weighted by atomic mass is 16.4. The molecule has 4 nitrogen and oxygen atoms in total. The average Bonchev–Trinajstić information content (AvgIpc) is 3.17. The first-order chi connectivity index (χ1) is 9.60. The molecule has 112 valence electrons. The highest BCUT2D eigenvalue weighted by Gasteiger charge is 2.50. The first kappa shape index (κ1) is 13.9. The molecule has 20 heavy (non-hydrogen) atoms. The van der Waals surface area contributed by atoms with Crippen LogP contribution >= 0.6 is 0 Å². The van der Waals surface area contributed by atoms with Gasteiger partial charge in [-0.1, -0.05) is 32.1 Å². The third-order valence-corrected chi connectivity index (χ3v) is 5.62. The predicted octanol–water partition coefficient (Wildman–Crippen LogP) is 2.72.